The Morgan fingerprint density at radius 1 is 1.27 bits per heavy atom. The third kappa shape index (κ3) is 2.50. The SMILES string of the molecule is NC(C1CCOCC1)C1(O)CCNCC1. The molecule has 0 amide bonds. The molecule has 0 aromatic carbocycles. The van der Waals surface area contributed by atoms with Crippen LogP contribution < -0.4 is 11.1 Å². The lowest BCUT2D eigenvalue weighted by Crippen LogP contribution is -2.57. The first kappa shape index (κ1) is 11.3. The van der Waals surface area contributed by atoms with Gasteiger partial charge in [-0.25, -0.2) is 0 Å². The van der Waals surface area contributed by atoms with Crippen molar-refractivity contribution in [1.29, 1.82) is 0 Å². The summed E-state index contributed by atoms with van der Waals surface area (Å²) in [5.41, 5.74) is 5.58. The standard InChI is InChI=1S/C11H22N2O2/c12-10(9-1-7-15-8-2-9)11(14)3-5-13-6-4-11/h9-10,13-14H,1-8,12H2. The summed E-state index contributed by atoms with van der Waals surface area (Å²) in [7, 11) is 0. The van der Waals surface area contributed by atoms with E-state index in [0.717, 1.165) is 52.0 Å². The van der Waals surface area contributed by atoms with Gasteiger partial charge in [0.05, 0.1) is 5.60 Å². The molecule has 0 aromatic rings. The van der Waals surface area contributed by atoms with E-state index in [1.165, 1.54) is 0 Å². The number of nitrogens with two attached hydrogens (primary N) is 1. The first-order valence-corrected chi connectivity index (χ1v) is 5.99. The van der Waals surface area contributed by atoms with Crippen molar-refractivity contribution in [2.75, 3.05) is 26.3 Å². The van der Waals surface area contributed by atoms with E-state index < -0.39 is 5.60 Å². The summed E-state index contributed by atoms with van der Waals surface area (Å²) in [6.45, 7) is 3.36. The number of nitrogens with one attached hydrogen (secondary N) is 1. The second kappa shape index (κ2) is 4.78. The smallest absolute Gasteiger partial charge is 0.0824 e. The van der Waals surface area contributed by atoms with Crippen LogP contribution in [0.5, 0.6) is 0 Å². The van der Waals surface area contributed by atoms with Gasteiger partial charge in [0.1, 0.15) is 0 Å². The van der Waals surface area contributed by atoms with E-state index in [4.69, 9.17) is 10.5 Å². The number of hydrogen-bond acceptors (Lipinski definition) is 4. The Bertz CT molecular complexity index is 199. The third-order valence-corrected chi connectivity index (χ3v) is 3.86. The Hall–Kier alpha value is -0.160. The average molecular weight is 214 g/mol. The summed E-state index contributed by atoms with van der Waals surface area (Å²) in [6.07, 6.45) is 3.56. The molecule has 2 fully saturated rings. The van der Waals surface area contributed by atoms with Crippen molar-refractivity contribution in [2.24, 2.45) is 11.7 Å². The number of hydrogen-bond donors (Lipinski definition) is 3. The number of rotatable bonds is 2. The van der Waals surface area contributed by atoms with Gasteiger partial charge in [-0.05, 0) is 44.7 Å². The minimum atomic E-state index is -0.646. The number of aliphatic hydroxyl groups is 1. The van der Waals surface area contributed by atoms with Gasteiger partial charge in [-0.3, -0.25) is 0 Å². The summed E-state index contributed by atoms with van der Waals surface area (Å²) in [6, 6.07) is -0.0801. The molecule has 0 radical (unpaired) electrons. The van der Waals surface area contributed by atoms with Crippen molar-refractivity contribution < 1.29 is 9.84 Å². The van der Waals surface area contributed by atoms with E-state index in [1.54, 1.807) is 0 Å². The minimum absolute atomic E-state index is 0.0801. The fourth-order valence-electron chi connectivity index (χ4n) is 2.71. The van der Waals surface area contributed by atoms with E-state index in [1.807, 2.05) is 0 Å². The molecule has 2 heterocycles. The van der Waals surface area contributed by atoms with Crippen LogP contribution in [0.3, 0.4) is 0 Å². The molecule has 2 saturated heterocycles. The first-order chi connectivity index (χ1) is 7.22. The van der Waals surface area contributed by atoms with Crippen molar-refractivity contribution in [3.05, 3.63) is 0 Å². The Balaban J connectivity index is 1.94. The molecular weight excluding hydrogens is 192 g/mol. The lowest BCUT2D eigenvalue weighted by atomic mass is 9.76. The van der Waals surface area contributed by atoms with Gasteiger partial charge in [0, 0.05) is 19.3 Å². The highest BCUT2D eigenvalue weighted by molar-refractivity contribution is 4.96. The van der Waals surface area contributed by atoms with Crippen molar-refractivity contribution >= 4 is 0 Å². The highest BCUT2D eigenvalue weighted by Crippen LogP contribution is 2.30. The summed E-state index contributed by atoms with van der Waals surface area (Å²) in [4.78, 5) is 0. The molecule has 2 rings (SSSR count). The van der Waals surface area contributed by atoms with E-state index in [-0.39, 0.29) is 6.04 Å². The summed E-state index contributed by atoms with van der Waals surface area (Å²) >= 11 is 0. The van der Waals surface area contributed by atoms with Crippen molar-refractivity contribution in [2.45, 2.75) is 37.3 Å². The van der Waals surface area contributed by atoms with Gasteiger partial charge in [-0.1, -0.05) is 0 Å². The van der Waals surface area contributed by atoms with Crippen LogP contribution in [0.2, 0.25) is 0 Å². The van der Waals surface area contributed by atoms with Gasteiger partial charge >= 0.3 is 0 Å². The number of piperidine rings is 1. The summed E-state index contributed by atoms with van der Waals surface area (Å²) in [5, 5.41) is 13.7. The molecular formula is C11H22N2O2. The molecule has 0 spiro atoms. The monoisotopic (exact) mass is 214 g/mol. The molecule has 0 aliphatic carbocycles. The van der Waals surface area contributed by atoms with Gasteiger partial charge in [-0.15, -0.1) is 0 Å². The van der Waals surface area contributed by atoms with Gasteiger partial charge in [0.2, 0.25) is 0 Å². The second-order valence-electron chi connectivity index (χ2n) is 4.83. The van der Waals surface area contributed by atoms with Gasteiger partial charge in [0.25, 0.3) is 0 Å². The van der Waals surface area contributed by atoms with Crippen LogP contribution in [0, 0.1) is 5.92 Å². The van der Waals surface area contributed by atoms with Crippen molar-refractivity contribution in [3.63, 3.8) is 0 Å². The van der Waals surface area contributed by atoms with Crippen LogP contribution in [0.1, 0.15) is 25.7 Å². The molecule has 2 aliphatic heterocycles. The lowest BCUT2D eigenvalue weighted by Gasteiger charge is -2.42. The molecule has 2 aliphatic rings. The predicted molar refractivity (Wildman–Crippen MR) is 58.6 cm³/mol. The van der Waals surface area contributed by atoms with Crippen LogP contribution in [-0.4, -0.2) is 43.1 Å². The molecule has 1 unspecified atom stereocenters. The van der Waals surface area contributed by atoms with Crippen LogP contribution >= 0.6 is 0 Å². The molecule has 15 heavy (non-hydrogen) atoms. The predicted octanol–water partition coefficient (Wildman–Crippen LogP) is -0.145. The molecule has 88 valence electrons. The maximum Gasteiger partial charge on any atom is 0.0824 e. The van der Waals surface area contributed by atoms with E-state index in [9.17, 15) is 5.11 Å². The third-order valence-electron chi connectivity index (χ3n) is 3.86. The zero-order valence-electron chi connectivity index (χ0n) is 9.24. The Labute approximate surface area is 91.2 Å². The molecule has 4 nitrogen and oxygen atoms in total. The average Bonchev–Trinajstić information content (AvgIpc) is 2.30. The molecule has 1 atom stereocenters. The van der Waals surface area contributed by atoms with Crippen molar-refractivity contribution in [1.82, 2.24) is 5.32 Å². The fraction of sp³-hybridized carbons (Fsp3) is 1.00. The highest BCUT2D eigenvalue weighted by Gasteiger charge is 2.40. The van der Waals surface area contributed by atoms with Crippen LogP contribution in [-0.2, 0) is 4.74 Å². The maximum atomic E-state index is 10.5. The molecule has 0 aromatic heterocycles. The topological polar surface area (TPSA) is 67.5 Å². The van der Waals surface area contributed by atoms with Crippen LogP contribution in [0.25, 0.3) is 0 Å². The van der Waals surface area contributed by atoms with Gasteiger partial charge in [0.15, 0.2) is 0 Å². The Kier molecular flexibility index (Phi) is 3.61. The summed E-state index contributed by atoms with van der Waals surface area (Å²) < 4.78 is 5.32. The highest BCUT2D eigenvalue weighted by atomic mass is 16.5. The largest absolute Gasteiger partial charge is 0.388 e. The Morgan fingerprint density at radius 3 is 2.47 bits per heavy atom. The first-order valence-electron chi connectivity index (χ1n) is 5.99. The van der Waals surface area contributed by atoms with Gasteiger partial charge < -0.3 is 20.9 Å². The molecule has 0 bridgehead atoms. The molecule has 0 saturated carbocycles. The van der Waals surface area contributed by atoms with Crippen LogP contribution in [0.15, 0.2) is 0 Å². The zero-order valence-corrected chi connectivity index (χ0v) is 9.24. The van der Waals surface area contributed by atoms with Crippen molar-refractivity contribution in [3.8, 4) is 0 Å². The Morgan fingerprint density at radius 2 is 1.87 bits per heavy atom. The van der Waals surface area contributed by atoms with Crippen LogP contribution in [0.4, 0.5) is 0 Å². The maximum absolute atomic E-state index is 10.5. The van der Waals surface area contributed by atoms with E-state index in [0.29, 0.717) is 5.92 Å². The summed E-state index contributed by atoms with van der Waals surface area (Å²) in [5.74, 6) is 0.432. The van der Waals surface area contributed by atoms with E-state index >= 15 is 0 Å². The number of ether oxygens (including phenoxy) is 1. The lowest BCUT2D eigenvalue weighted by molar-refractivity contribution is -0.0490. The minimum Gasteiger partial charge on any atom is -0.388 e. The quantitative estimate of drug-likeness (QED) is 0.598. The zero-order chi connectivity index (χ0) is 10.7. The second-order valence-corrected chi connectivity index (χ2v) is 4.83. The van der Waals surface area contributed by atoms with Gasteiger partial charge in [-0.2, -0.15) is 0 Å². The molecule has 4 heteroatoms. The fourth-order valence-corrected chi connectivity index (χ4v) is 2.71. The van der Waals surface area contributed by atoms with E-state index in [2.05, 4.69) is 5.32 Å². The molecule has 4 N–H and O–H groups in total. The normalized spacial score (nSPS) is 30.0.